The summed E-state index contributed by atoms with van der Waals surface area (Å²) >= 11 is 0. The van der Waals surface area contributed by atoms with Gasteiger partial charge in [-0.25, -0.2) is 0 Å². The van der Waals surface area contributed by atoms with Crippen molar-refractivity contribution in [1.29, 1.82) is 0 Å². The van der Waals surface area contributed by atoms with Crippen molar-refractivity contribution in [2.45, 2.75) is 38.4 Å². The zero-order chi connectivity index (χ0) is 6.85. The average Bonchev–Trinajstić information content (AvgIpc) is 1.88. The molecule has 0 amide bonds. The van der Waals surface area contributed by atoms with E-state index in [0.29, 0.717) is 5.92 Å². The number of aliphatic hydroxyl groups excluding tert-OH is 2. The minimum atomic E-state index is -0.429. The third-order valence-corrected chi connectivity index (χ3v) is 2.08. The van der Waals surface area contributed by atoms with Crippen molar-refractivity contribution in [3.8, 4) is 0 Å². The van der Waals surface area contributed by atoms with Crippen LogP contribution in [-0.2, 0) is 0 Å². The highest BCUT2D eigenvalue weighted by Crippen LogP contribution is 2.31. The molecule has 54 valence electrons. The molecule has 3 atom stereocenters. The molecule has 3 unspecified atom stereocenters. The first-order chi connectivity index (χ1) is 4.25. The quantitative estimate of drug-likeness (QED) is 0.572. The Bertz CT molecular complexity index is 90.9. The van der Waals surface area contributed by atoms with Crippen molar-refractivity contribution in [3.63, 3.8) is 0 Å². The minimum absolute atomic E-state index is 0.380. The Kier molecular flexibility index (Phi) is 2.09. The average molecular weight is 130 g/mol. The van der Waals surface area contributed by atoms with E-state index in [4.69, 9.17) is 10.2 Å². The Morgan fingerprint density at radius 3 is 2.44 bits per heavy atom. The zero-order valence-corrected chi connectivity index (χ0v) is 5.75. The molecule has 0 aliphatic heterocycles. The molecular formula is C7H14O2. The summed E-state index contributed by atoms with van der Waals surface area (Å²) in [5, 5.41) is 17.9. The minimum Gasteiger partial charge on any atom is -0.390 e. The molecule has 0 aromatic carbocycles. The monoisotopic (exact) mass is 130 g/mol. The lowest BCUT2D eigenvalue weighted by Crippen LogP contribution is -2.46. The number of hydrogen-bond donors (Lipinski definition) is 2. The van der Waals surface area contributed by atoms with Crippen LogP contribution < -0.4 is 0 Å². The predicted molar refractivity (Wildman–Crippen MR) is 35.0 cm³/mol. The highest BCUT2D eigenvalue weighted by Gasteiger charge is 2.37. The van der Waals surface area contributed by atoms with Crippen LogP contribution in [0.2, 0.25) is 0 Å². The smallest absolute Gasteiger partial charge is 0.0828 e. The fourth-order valence-electron chi connectivity index (χ4n) is 1.37. The van der Waals surface area contributed by atoms with E-state index >= 15 is 0 Å². The standard InChI is InChI=1S/C7H14O2/c1-2-3-5-4-6(8)7(5)9/h5-9H,2-4H2,1H3. The fourth-order valence-corrected chi connectivity index (χ4v) is 1.37. The largest absolute Gasteiger partial charge is 0.390 e. The van der Waals surface area contributed by atoms with Gasteiger partial charge in [0.25, 0.3) is 0 Å². The Balaban J connectivity index is 2.17. The number of aliphatic hydroxyl groups is 2. The van der Waals surface area contributed by atoms with E-state index in [1.54, 1.807) is 0 Å². The lowest BCUT2D eigenvalue weighted by Gasteiger charge is -2.37. The van der Waals surface area contributed by atoms with Gasteiger partial charge in [0.05, 0.1) is 12.2 Å². The molecule has 0 aromatic rings. The van der Waals surface area contributed by atoms with Gasteiger partial charge in [-0.3, -0.25) is 0 Å². The van der Waals surface area contributed by atoms with Gasteiger partial charge in [-0.2, -0.15) is 0 Å². The third-order valence-electron chi connectivity index (χ3n) is 2.08. The van der Waals surface area contributed by atoms with E-state index in [2.05, 4.69) is 6.92 Å². The van der Waals surface area contributed by atoms with E-state index in [9.17, 15) is 0 Å². The summed E-state index contributed by atoms with van der Waals surface area (Å²) in [6, 6.07) is 0. The Morgan fingerprint density at radius 2 is 2.11 bits per heavy atom. The molecule has 0 spiro atoms. The summed E-state index contributed by atoms with van der Waals surface area (Å²) in [5.41, 5.74) is 0. The summed E-state index contributed by atoms with van der Waals surface area (Å²) < 4.78 is 0. The lowest BCUT2D eigenvalue weighted by atomic mass is 9.76. The van der Waals surface area contributed by atoms with E-state index in [0.717, 1.165) is 19.3 Å². The van der Waals surface area contributed by atoms with Gasteiger partial charge in [0.2, 0.25) is 0 Å². The molecule has 0 aromatic heterocycles. The number of hydrogen-bond acceptors (Lipinski definition) is 2. The highest BCUT2D eigenvalue weighted by atomic mass is 16.3. The maximum atomic E-state index is 9.06. The molecule has 1 saturated carbocycles. The molecule has 1 aliphatic rings. The van der Waals surface area contributed by atoms with E-state index < -0.39 is 12.2 Å². The van der Waals surface area contributed by atoms with Gasteiger partial charge in [0.1, 0.15) is 0 Å². The van der Waals surface area contributed by atoms with Gasteiger partial charge in [0.15, 0.2) is 0 Å². The molecule has 2 N–H and O–H groups in total. The van der Waals surface area contributed by atoms with Crippen molar-refractivity contribution in [2.24, 2.45) is 5.92 Å². The van der Waals surface area contributed by atoms with Crippen LogP contribution in [0, 0.1) is 5.92 Å². The normalized spacial score (nSPS) is 42.3. The molecule has 0 radical (unpaired) electrons. The first kappa shape index (κ1) is 7.03. The van der Waals surface area contributed by atoms with Crippen molar-refractivity contribution >= 4 is 0 Å². The number of rotatable bonds is 2. The second kappa shape index (κ2) is 2.67. The SMILES string of the molecule is CCCC1CC(O)C1O. The summed E-state index contributed by atoms with van der Waals surface area (Å²) in [7, 11) is 0. The summed E-state index contributed by atoms with van der Waals surface area (Å²) in [5.74, 6) is 0.380. The van der Waals surface area contributed by atoms with Crippen LogP contribution >= 0.6 is 0 Å². The van der Waals surface area contributed by atoms with Gasteiger partial charge < -0.3 is 10.2 Å². The summed E-state index contributed by atoms with van der Waals surface area (Å²) in [6.45, 7) is 2.09. The summed E-state index contributed by atoms with van der Waals surface area (Å²) in [6.07, 6.45) is 2.10. The molecule has 9 heavy (non-hydrogen) atoms. The predicted octanol–water partition coefficient (Wildman–Crippen LogP) is 0.528. The fraction of sp³-hybridized carbons (Fsp3) is 1.00. The van der Waals surface area contributed by atoms with E-state index in [-0.39, 0.29) is 0 Å². The molecule has 0 heterocycles. The second-order valence-corrected chi connectivity index (χ2v) is 2.84. The van der Waals surface area contributed by atoms with Gasteiger partial charge in [-0.15, -0.1) is 0 Å². The van der Waals surface area contributed by atoms with Crippen LogP contribution in [0.3, 0.4) is 0 Å². The van der Waals surface area contributed by atoms with Crippen LogP contribution in [0.1, 0.15) is 26.2 Å². The van der Waals surface area contributed by atoms with Crippen LogP contribution in [0.4, 0.5) is 0 Å². The molecule has 1 aliphatic carbocycles. The van der Waals surface area contributed by atoms with Crippen molar-refractivity contribution in [3.05, 3.63) is 0 Å². The second-order valence-electron chi connectivity index (χ2n) is 2.84. The topological polar surface area (TPSA) is 40.5 Å². The van der Waals surface area contributed by atoms with Crippen LogP contribution in [0.5, 0.6) is 0 Å². The zero-order valence-electron chi connectivity index (χ0n) is 5.75. The molecule has 2 nitrogen and oxygen atoms in total. The van der Waals surface area contributed by atoms with Gasteiger partial charge in [-0.05, 0) is 18.8 Å². The molecular weight excluding hydrogens is 116 g/mol. The maximum Gasteiger partial charge on any atom is 0.0828 e. The van der Waals surface area contributed by atoms with Crippen LogP contribution in [0.25, 0.3) is 0 Å². The molecule has 1 rings (SSSR count). The Hall–Kier alpha value is -0.0800. The van der Waals surface area contributed by atoms with Crippen molar-refractivity contribution in [1.82, 2.24) is 0 Å². The lowest BCUT2D eigenvalue weighted by molar-refractivity contribution is -0.104. The van der Waals surface area contributed by atoms with Gasteiger partial charge in [0, 0.05) is 0 Å². The van der Waals surface area contributed by atoms with Crippen LogP contribution in [-0.4, -0.2) is 22.4 Å². The maximum absolute atomic E-state index is 9.06. The van der Waals surface area contributed by atoms with Crippen molar-refractivity contribution < 1.29 is 10.2 Å². The first-order valence-corrected chi connectivity index (χ1v) is 3.61. The first-order valence-electron chi connectivity index (χ1n) is 3.61. The third kappa shape index (κ3) is 1.25. The van der Waals surface area contributed by atoms with Crippen LogP contribution in [0.15, 0.2) is 0 Å². The molecule has 0 bridgehead atoms. The molecule has 2 heteroatoms. The van der Waals surface area contributed by atoms with Crippen molar-refractivity contribution in [2.75, 3.05) is 0 Å². The molecule has 1 fully saturated rings. The van der Waals surface area contributed by atoms with Gasteiger partial charge >= 0.3 is 0 Å². The Labute approximate surface area is 55.5 Å². The Morgan fingerprint density at radius 1 is 1.44 bits per heavy atom. The van der Waals surface area contributed by atoms with E-state index in [1.807, 2.05) is 0 Å². The highest BCUT2D eigenvalue weighted by molar-refractivity contribution is 4.88. The summed E-state index contributed by atoms with van der Waals surface area (Å²) in [4.78, 5) is 0. The molecule has 0 saturated heterocycles. The van der Waals surface area contributed by atoms with Gasteiger partial charge in [-0.1, -0.05) is 13.3 Å². The van der Waals surface area contributed by atoms with E-state index in [1.165, 1.54) is 0 Å².